The fraction of sp³-hybridized carbons (Fsp3) is 0.435. The van der Waals surface area contributed by atoms with Gasteiger partial charge in [-0.25, -0.2) is 4.98 Å². The van der Waals surface area contributed by atoms with Gasteiger partial charge in [-0.15, -0.1) is 0 Å². The first-order valence-corrected chi connectivity index (χ1v) is 10.5. The molecule has 9 heteroatoms. The average molecular weight is 448 g/mol. The number of aromatic nitrogens is 1. The van der Waals surface area contributed by atoms with Crippen LogP contribution in [0.2, 0.25) is 0 Å². The van der Waals surface area contributed by atoms with Crippen LogP contribution < -0.4 is 10.6 Å². The molecule has 32 heavy (non-hydrogen) atoms. The maximum atomic E-state index is 13.0. The predicted molar refractivity (Wildman–Crippen MR) is 115 cm³/mol. The number of aliphatic hydroxyl groups is 1. The van der Waals surface area contributed by atoms with Crippen LogP contribution in [0, 0.1) is 5.41 Å². The molecule has 172 valence electrons. The van der Waals surface area contributed by atoms with E-state index in [0.29, 0.717) is 11.6 Å². The molecule has 0 unspecified atom stereocenters. The third kappa shape index (κ3) is 5.85. The minimum Gasteiger partial charge on any atom is -0.388 e. The van der Waals surface area contributed by atoms with Gasteiger partial charge in [-0.3, -0.25) is 4.79 Å². The second-order valence-corrected chi connectivity index (χ2v) is 8.55. The van der Waals surface area contributed by atoms with Crippen LogP contribution in [-0.2, 0) is 6.18 Å². The zero-order chi connectivity index (χ0) is 23.5. The number of alkyl halides is 3. The Morgan fingerprint density at radius 1 is 1.19 bits per heavy atom. The lowest BCUT2D eigenvalue weighted by atomic mass is 9.87. The van der Waals surface area contributed by atoms with E-state index in [1.807, 2.05) is 0 Å². The smallest absolute Gasteiger partial charge is 0.388 e. The molecule has 0 spiro atoms. The second-order valence-electron chi connectivity index (χ2n) is 8.55. The molecular weight excluding hydrogens is 421 g/mol. The largest absolute Gasteiger partial charge is 0.433 e. The van der Waals surface area contributed by atoms with Crippen LogP contribution in [0.25, 0.3) is 0 Å². The van der Waals surface area contributed by atoms with Crippen LogP contribution in [-0.4, -0.2) is 33.4 Å². The molecule has 1 fully saturated rings. The van der Waals surface area contributed by atoms with Crippen LogP contribution in [0.4, 0.5) is 13.2 Å². The van der Waals surface area contributed by atoms with Crippen LogP contribution in [0.5, 0.6) is 0 Å². The number of nitrogens with one attached hydrogen (secondary N) is 3. The average Bonchev–Trinajstić information content (AvgIpc) is 2.73. The van der Waals surface area contributed by atoms with Gasteiger partial charge >= 0.3 is 6.18 Å². The number of carbonyl (C=O) groups excluding carboxylic acids is 1. The number of hydrogen-bond acceptors (Lipinski definition) is 5. The quantitative estimate of drug-likeness (QED) is 0.541. The van der Waals surface area contributed by atoms with Crippen molar-refractivity contribution in [3.05, 3.63) is 64.8 Å². The highest BCUT2D eigenvalue weighted by molar-refractivity contribution is 6.11. The zero-order valence-electron chi connectivity index (χ0n) is 18.0. The van der Waals surface area contributed by atoms with Crippen LogP contribution in [0.3, 0.4) is 0 Å². The summed E-state index contributed by atoms with van der Waals surface area (Å²) in [4.78, 5) is 16.1. The highest BCUT2D eigenvalue weighted by Crippen LogP contribution is 2.29. The van der Waals surface area contributed by atoms with Gasteiger partial charge in [0.1, 0.15) is 11.4 Å². The fourth-order valence-electron chi connectivity index (χ4n) is 3.73. The lowest BCUT2D eigenvalue weighted by Gasteiger charge is -2.28. The van der Waals surface area contributed by atoms with Crippen molar-refractivity contribution in [1.29, 1.82) is 5.41 Å². The third-order valence-corrected chi connectivity index (χ3v) is 5.45. The van der Waals surface area contributed by atoms with Crippen LogP contribution >= 0.6 is 0 Å². The van der Waals surface area contributed by atoms with Gasteiger partial charge in [0.2, 0.25) is 0 Å². The monoisotopic (exact) mass is 448 g/mol. The number of carbonyl (C=O) groups is 1. The molecule has 0 atom stereocenters. The molecule has 1 aromatic heterocycles. The van der Waals surface area contributed by atoms with Crippen LogP contribution in [0.15, 0.2) is 53.4 Å². The topological polar surface area (TPSA) is 98.1 Å². The zero-order valence-corrected chi connectivity index (χ0v) is 18.0. The van der Waals surface area contributed by atoms with Gasteiger partial charge in [-0.05, 0) is 51.0 Å². The van der Waals surface area contributed by atoms with Gasteiger partial charge in [0, 0.05) is 29.1 Å². The van der Waals surface area contributed by atoms with Crippen molar-refractivity contribution in [3.63, 3.8) is 0 Å². The van der Waals surface area contributed by atoms with Gasteiger partial charge in [0.05, 0.1) is 11.3 Å². The number of hydrogen-bond donors (Lipinski definition) is 4. The Morgan fingerprint density at radius 3 is 2.50 bits per heavy atom. The van der Waals surface area contributed by atoms with Crippen molar-refractivity contribution in [3.8, 4) is 0 Å². The number of rotatable bonds is 5. The molecule has 0 aliphatic heterocycles. The molecule has 0 bridgehead atoms. The van der Waals surface area contributed by atoms with Gasteiger partial charge in [0.15, 0.2) is 0 Å². The van der Waals surface area contributed by atoms with Gasteiger partial charge in [-0.1, -0.05) is 25.3 Å². The molecule has 1 amide bonds. The number of nitrogens with zero attached hydrogens (tertiary/aromatic N) is 1. The van der Waals surface area contributed by atoms with E-state index in [0.717, 1.165) is 37.8 Å². The van der Waals surface area contributed by atoms with Gasteiger partial charge < -0.3 is 21.1 Å². The number of amides is 1. The molecule has 2 aliphatic carbocycles. The molecular formula is C23H27F3N4O2. The van der Waals surface area contributed by atoms with E-state index >= 15 is 0 Å². The summed E-state index contributed by atoms with van der Waals surface area (Å²) >= 11 is 0. The molecule has 2 aliphatic rings. The number of halogens is 3. The van der Waals surface area contributed by atoms with Crippen molar-refractivity contribution >= 4 is 11.6 Å². The number of allylic oxidation sites excluding steroid dienone is 3. The minimum absolute atomic E-state index is 0.153. The molecule has 3 rings (SSSR count). The summed E-state index contributed by atoms with van der Waals surface area (Å²) in [7, 11) is 0. The fourth-order valence-corrected chi connectivity index (χ4v) is 3.73. The van der Waals surface area contributed by atoms with Crippen molar-refractivity contribution in [1.82, 2.24) is 15.6 Å². The Labute approximate surface area is 184 Å². The van der Waals surface area contributed by atoms with E-state index in [-0.39, 0.29) is 17.0 Å². The molecule has 0 radical (unpaired) electrons. The molecule has 0 saturated heterocycles. The molecule has 1 saturated carbocycles. The Kier molecular flexibility index (Phi) is 6.88. The predicted octanol–water partition coefficient (Wildman–Crippen LogP) is 4.25. The summed E-state index contributed by atoms with van der Waals surface area (Å²) < 4.78 is 38.9. The van der Waals surface area contributed by atoms with E-state index in [9.17, 15) is 23.1 Å². The Balaban J connectivity index is 1.87. The van der Waals surface area contributed by atoms with Crippen molar-refractivity contribution in [2.75, 3.05) is 0 Å². The summed E-state index contributed by atoms with van der Waals surface area (Å²) in [6, 6.07) is 3.40. The maximum absolute atomic E-state index is 13.0. The summed E-state index contributed by atoms with van der Waals surface area (Å²) in [5.41, 5.74) is -1.83. The first-order valence-electron chi connectivity index (χ1n) is 10.5. The lowest BCUT2D eigenvalue weighted by Crippen LogP contribution is -2.35. The minimum atomic E-state index is -4.67. The first-order chi connectivity index (χ1) is 14.9. The van der Waals surface area contributed by atoms with Gasteiger partial charge in [0.25, 0.3) is 5.91 Å². The van der Waals surface area contributed by atoms with E-state index in [1.165, 1.54) is 38.5 Å². The number of pyridine rings is 1. The van der Waals surface area contributed by atoms with Crippen molar-refractivity contribution in [2.45, 2.75) is 63.8 Å². The Morgan fingerprint density at radius 2 is 1.88 bits per heavy atom. The van der Waals surface area contributed by atoms with Gasteiger partial charge in [-0.2, -0.15) is 13.2 Å². The first kappa shape index (κ1) is 23.7. The second kappa shape index (κ2) is 9.28. The van der Waals surface area contributed by atoms with Crippen molar-refractivity contribution < 1.29 is 23.1 Å². The molecule has 6 nitrogen and oxygen atoms in total. The standard InChI is InChI=1S/C23H27F3N4O2/c1-22(2,32)16-12-17(27)14(13-28-15-7-4-3-5-8-15)11-19(16)30-21(31)18-9-6-10-20(29-18)23(24,25)26/h6,9-13,15,27-28,32H,3-5,7-8H2,1-2H3,(H,30,31)/b14-13-,27-17?. The summed E-state index contributed by atoms with van der Waals surface area (Å²) in [6.07, 6.45) is 5.60. The molecule has 0 aromatic carbocycles. The third-order valence-electron chi connectivity index (χ3n) is 5.45. The maximum Gasteiger partial charge on any atom is 0.433 e. The van der Waals surface area contributed by atoms with E-state index in [2.05, 4.69) is 15.6 Å². The SMILES string of the molecule is CC(C)(O)C1=CC(=N)/C(=C\NC2CCCCC2)C=C1NC(=O)c1cccc(C(F)(F)F)n1. The van der Waals surface area contributed by atoms with E-state index < -0.39 is 29.1 Å². The summed E-state index contributed by atoms with van der Waals surface area (Å²) in [5, 5.41) is 24.7. The molecule has 1 aromatic rings. The summed E-state index contributed by atoms with van der Waals surface area (Å²) in [6.45, 7) is 3.01. The van der Waals surface area contributed by atoms with Crippen LogP contribution in [0.1, 0.15) is 62.1 Å². The molecule has 1 heterocycles. The van der Waals surface area contributed by atoms with E-state index in [1.54, 1.807) is 6.20 Å². The highest BCUT2D eigenvalue weighted by atomic mass is 19.4. The van der Waals surface area contributed by atoms with Crippen molar-refractivity contribution in [2.24, 2.45) is 0 Å². The Hall–Kier alpha value is -2.94. The van der Waals surface area contributed by atoms with E-state index in [4.69, 9.17) is 5.41 Å². The normalized spacial score (nSPS) is 19.4. The highest BCUT2D eigenvalue weighted by Gasteiger charge is 2.33. The Bertz CT molecular complexity index is 982. The summed E-state index contributed by atoms with van der Waals surface area (Å²) in [5.74, 6) is -0.842. The molecule has 4 N–H and O–H groups in total. The lowest BCUT2D eigenvalue weighted by molar-refractivity contribution is -0.141.